The fraction of sp³-hybridized carbons (Fsp3) is 0.241. The molecule has 0 saturated carbocycles. The van der Waals surface area contributed by atoms with Crippen LogP contribution in [-0.4, -0.2) is 39.2 Å². The minimum atomic E-state index is -1.18. The van der Waals surface area contributed by atoms with Crippen molar-refractivity contribution in [3.63, 3.8) is 0 Å². The summed E-state index contributed by atoms with van der Waals surface area (Å²) in [5.41, 5.74) is 3.32. The highest BCUT2D eigenvalue weighted by Crippen LogP contribution is 2.36. The second-order valence-electron chi connectivity index (χ2n) is 8.56. The molecule has 3 aromatic rings. The largest absolute Gasteiger partial charge is 0.465 e. The van der Waals surface area contributed by atoms with Crippen molar-refractivity contribution in [2.75, 3.05) is 0 Å². The van der Waals surface area contributed by atoms with E-state index in [0.29, 0.717) is 18.7 Å². The summed E-state index contributed by atoms with van der Waals surface area (Å²) in [5.74, 6) is -0.579. The third-order valence-electron chi connectivity index (χ3n) is 6.10. The molecule has 0 radical (unpaired) electrons. The van der Waals surface area contributed by atoms with Crippen molar-refractivity contribution in [3.05, 3.63) is 113 Å². The van der Waals surface area contributed by atoms with Gasteiger partial charge in [-0.3, -0.25) is 9.80 Å². The lowest BCUT2D eigenvalue weighted by molar-refractivity contribution is -0.155. The van der Waals surface area contributed by atoms with E-state index in [2.05, 4.69) is 6.92 Å². The van der Waals surface area contributed by atoms with Gasteiger partial charge in [0.05, 0.1) is 6.04 Å². The SMILES string of the molecule is CCCC1C(=Cc2ccccc2)N(C(=O)O)C(C(=O)OCc2ccccc2)N1Cc1ccccc1. The Kier molecular flexibility index (Phi) is 7.95. The molecule has 180 valence electrons. The van der Waals surface area contributed by atoms with Gasteiger partial charge in [-0.15, -0.1) is 0 Å². The highest BCUT2D eigenvalue weighted by molar-refractivity contribution is 5.84. The lowest BCUT2D eigenvalue weighted by atomic mass is 10.0. The van der Waals surface area contributed by atoms with E-state index >= 15 is 0 Å². The summed E-state index contributed by atoms with van der Waals surface area (Å²) < 4.78 is 5.67. The van der Waals surface area contributed by atoms with Gasteiger partial charge in [-0.2, -0.15) is 0 Å². The summed E-state index contributed by atoms with van der Waals surface area (Å²) in [7, 11) is 0. The molecule has 35 heavy (non-hydrogen) atoms. The average Bonchev–Trinajstić information content (AvgIpc) is 3.17. The number of carboxylic acid groups (broad SMARTS) is 1. The predicted octanol–water partition coefficient (Wildman–Crippen LogP) is 5.76. The molecule has 1 N–H and O–H groups in total. The van der Waals surface area contributed by atoms with Crippen LogP contribution >= 0.6 is 0 Å². The van der Waals surface area contributed by atoms with E-state index in [9.17, 15) is 14.7 Å². The topological polar surface area (TPSA) is 70.1 Å². The molecular formula is C29H30N2O4. The van der Waals surface area contributed by atoms with Crippen LogP contribution in [0.5, 0.6) is 0 Å². The maximum absolute atomic E-state index is 13.5. The number of benzene rings is 3. The number of hydrogen-bond acceptors (Lipinski definition) is 4. The van der Waals surface area contributed by atoms with Crippen LogP contribution in [0.25, 0.3) is 6.08 Å². The molecule has 6 heteroatoms. The second kappa shape index (κ2) is 11.5. The first-order chi connectivity index (χ1) is 17.1. The molecule has 0 bridgehead atoms. The molecule has 4 rings (SSSR count). The number of hydrogen-bond donors (Lipinski definition) is 1. The molecule has 1 saturated heterocycles. The van der Waals surface area contributed by atoms with Crippen LogP contribution in [0.15, 0.2) is 96.7 Å². The van der Waals surface area contributed by atoms with Crippen molar-refractivity contribution >= 4 is 18.1 Å². The molecule has 0 aliphatic carbocycles. The number of esters is 1. The maximum atomic E-state index is 13.5. The van der Waals surface area contributed by atoms with Gasteiger partial charge >= 0.3 is 12.1 Å². The number of rotatable bonds is 8. The molecular weight excluding hydrogens is 440 g/mol. The van der Waals surface area contributed by atoms with Gasteiger partial charge in [0.25, 0.3) is 0 Å². The van der Waals surface area contributed by atoms with E-state index in [-0.39, 0.29) is 12.6 Å². The van der Waals surface area contributed by atoms with Crippen molar-refractivity contribution in [2.24, 2.45) is 0 Å². The Morgan fingerprint density at radius 3 is 2.03 bits per heavy atom. The number of ether oxygens (including phenoxy) is 1. The summed E-state index contributed by atoms with van der Waals surface area (Å²) >= 11 is 0. The highest BCUT2D eigenvalue weighted by atomic mass is 16.5. The fourth-order valence-corrected chi connectivity index (χ4v) is 4.51. The van der Waals surface area contributed by atoms with E-state index in [1.807, 2.05) is 102 Å². The minimum Gasteiger partial charge on any atom is -0.465 e. The van der Waals surface area contributed by atoms with Gasteiger partial charge in [-0.25, -0.2) is 9.59 Å². The van der Waals surface area contributed by atoms with Crippen molar-refractivity contribution in [1.29, 1.82) is 0 Å². The molecule has 2 atom stereocenters. The average molecular weight is 471 g/mol. The van der Waals surface area contributed by atoms with Crippen LogP contribution in [0.1, 0.15) is 36.5 Å². The summed E-state index contributed by atoms with van der Waals surface area (Å²) in [5, 5.41) is 10.3. The van der Waals surface area contributed by atoms with Crippen LogP contribution in [-0.2, 0) is 22.7 Å². The quantitative estimate of drug-likeness (QED) is 0.424. The Labute approximate surface area is 206 Å². The van der Waals surface area contributed by atoms with Crippen molar-refractivity contribution < 1.29 is 19.4 Å². The summed E-state index contributed by atoms with van der Waals surface area (Å²) in [6, 6.07) is 28.5. The Hall–Kier alpha value is -3.90. The first-order valence-corrected chi connectivity index (χ1v) is 11.9. The molecule has 1 aliphatic heterocycles. The molecule has 0 aromatic heterocycles. The van der Waals surface area contributed by atoms with Gasteiger partial charge in [-0.1, -0.05) is 104 Å². The zero-order valence-corrected chi connectivity index (χ0v) is 19.8. The van der Waals surface area contributed by atoms with Crippen LogP contribution in [0, 0.1) is 0 Å². The molecule has 6 nitrogen and oxygen atoms in total. The van der Waals surface area contributed by atoms with Gasteiger partial charge in [-0.05, 0) is 29.2 Å². The molecule has 3 aromatic carbocycles. The monoisotopic (exact) mass is 470 g/mol. The normalized spacial score (nSPS) is 19.1. The third kappa shape index (κ3) is 5.78. The molecule has 0 spiro atoms. The third-order valence-corrected chi connectivity index (χ3v) is 6.10. The van der Waals surface area contributed by atoms with Crippen LogP contribution < -0.4 is 0 Å². The number of amides is 1. The maximum Gasteiger partial charge on any atom is 0.413 e. The van der Waals surface area contributed by atoms with Gasteiger partial charge in [0, 0.05) is 12.2 Å². The molecule has 1 aliphatic rings. The van der Waals surface area contributed by atoms with Crippen molar-refractivity contribution in [2.45, 2.75) is 45.1 Å². The Bertz CT molecular complexity index is 1150. The smallest absolute Gasteiger partial charge is 0.413 e. The molecule has 1 fully saturated rings. The van der Waals surface area contributed by atoms with Crippen molar-refractivity contribution in [1.82, 2.24) is 9.80 Å². The molecule has 1 amide bonds. The van der Waals surface area contributed by atoms with Crippen LogP contribution in [0.4, 0.5) is 4.79 Å². The van der Waals surface area contributed by atoms with E-state index in [1.165, 1.54) is 4.90 Å². The standard InChI is InChI=1S/C29H30N2O4/c1-2-12-25-26(19-22-13-6-3-7-14-22)31(29(33)34)27(30(25)20-23-15-8-4-9-16-23)28(32)35-21-24-17-10-5-11-18-24/h3-11,13-19,25,27H,2,12,20-21H2,1H3,(H,33,34). The second-order valence-corrected chi connectivity index (χ2v) is 8.56. The number of nitrogens with zero attached hydrogens (tertiary/aromatic N) is 2. The summed E-state index contributed by atoms with van der Waals surface area (Å²) in [6.45, 7) is 2.57. The van der Waals surface area contributed by atoms with E-state index in [0.717, 1.165) is 23.1 Å². The zero-order chi connectivity index (χ0) is 24.6. The van der Waals surface area contributed by atoms with E-state index in [4.69, 9.17) is 4.74 Å². The Morgan fingerprint density at radius 2 is 1.46 bits per heavy atom. The zero-order valence-electron chi connectivity index (χ0n) is 19.8. The number of carbonyl (C=O) groups excluding carboxylic acids is 1. The predicted molar refractivity (Wildman–Crippen MR) is 135 cm³/mol. The van der Waals surface area contributed by atoms with Crippen LogP contribution in [0.3, 0.4) is 0 Å². The van der Waals surface area contributed by atoms with E-state index < -0.39 is 18.2 Å². The Balaban J connectivity index is 1.74. The minimum absolute atomic E-state index is 0.0823. The van der Waals surface area contributed by atoms with Crippen LogP contribution in [0.2, 0.25) is 0 Å². The molecule has 1 heterocycles. The van der Waals surface area contributed by atoms with Gasteiger partial charge < -0.3 is 9.84 Å². The van der Waals surface area contributed by atoms with E-state index in [1.54, 1.807) is 0 Å². The highest BCUT2D eigenvalue weighted by Gasteiger charge is 2.50. The van der Waals surface area contributed by atoms with Crippen molar-refractivity contribution in [3.8, 4) is 0 Å². The summed E-state index contributed by atoms with van der Waals surface area (Å²) in [4.78, 5) is 29.2. The lowest BCUT2D eigenvalue weighted by Crippen LogP contribution is -2.48. The lowest BCUT2D eigenvalue weighted by Gasteiger charge is -2.28. The van der Waals surface area contributed by atoms with Gasteiger partial charge in [0.1, 0.15) is 6.61 Å². The Morgan fingerprint density at radius 1 is 0.886 bits per heavy atom. The summed E-state index contributed by atoms with van der Waals surface area (Å²) in [6.07, 6.45) is 1.16. The number of carbonyl (C=O) groups is 2. The van der Waals surface area contributed by atoms with Gasteiger partial charge in [0.2, 0.25) is 0 Å². The molecule has 2 unspecified atom stereocenters. The van der Waals surface area contributed by atoms with Gasteiger partial charge in [0.15, 0.2) is 6.17 Å². The first-order valence-electron chi connectivity index (χ1n) is 11.9. The first kappa shape index (κ1) is 24.2. The fourth-order valence-electron chi connectivity index (χ4n) is 4.51.